The Morgan fingerprint density at radius 2 is 2.17 bits per heavy atom. The zero-order valence-electron chi connectivity index (χ0n) is 11.4. The van der Waals surface area contributed by atoms with Gasteiger partial charge < -0.3 is 15.0 Å². The van der Waals surface area contributed by atoms with Crippen LogP contribution in [-0.4, -0.2) is 42.7 Å². The summed E-state index contributed by atoms with van der Waals surface area (Å²) in [5.41, 5.74) is 1.04. The van der Waals surface area contributed by atoms with E-state index in [1.165, 1.54) is 0 Å². The Morgan fingerprint density at radius 1 is 1.39 bits per heavy atom. The number of hydrogen-bond acceptors (Lipinski definition) is 4. The average Bonchev–Trinajstić information content (AvgIpc) is 2.40. The zero-order valence-corrected chi connectivity index (χ0v) is 11.4. The number of pyridine rings is 1. The topological polar surface area (TPSA) is 37.4 Å². The van der Waals surface area contributed by atoms with Crippen LogP contribution in [0.1, 0.15) is 25.5 Å². The van der Waals surface area contributed by atoms with Crippen molar-refractivity contribution in [2.75, 3.05) is 26.7 Å². The molecule has 1 aliphatic heterocycles. The Bertz CT molecular complexity index is 362. The molecule has 1 aromatic rings. The summed E-state index contributed by atoms with van der Waals surface area (Å²) in [6.45, 7) is 6.09. The summed E-state index contributed by atoms with van der Waals surface area (Å²) in [6.07, 6.45) is 2.51. The summed E-state index contributed by atoms with van der Waals surface area (Å²) >= 11 is 0. The highest BCUT2D eigenvalue weighted by Crippen LogP contribution is 2.16. The number of piperidine rings is 1. The number of likely N-dealkylation sites (tertiary alicyclic amines) is 1. The molecule has 0 aliphatic carbocycles. The van der Waals surface area contributed by atoms with Crippen LogP contribution in [0.3, 0.4) is 0 Å². The molecule has 1 saturated heterocycles. The molecule has 0 unspecified atom stereocenters. The van der Waals surface area contributed by atoms with Gasteiger partial charge in [0.2, 0.25) is 5.88 Å². The molecule has 18 heavy (non-hydrogen) atoms. The van der Waals surface area contributed by atoms with E-state index in [1.54, 1.807) is 0 Å². The fourth-order valence-electron chi connectivity index (χ4n) is 2.15. The molecule has 0 spiro atoms. The predicted octanol–water partition coefficient (Wildman–Crippen LogP) is 1.66. The van der Waals surface area contributed by atoms with Crippen LogP contribution < -0.4 is 10.1 Å². The van der Waals surface area contributed by atoms with Gasteiger partial charge in [-0.25, -0.2) is 4.98 Å². The molecule has 2 rings (SSSR count). The first kappa shape index (κ1) is 13.3. The van der Waals surface area contributed by atoms with Gasteiger partial charge in [0.25, 0.3) is 0 Å². The number of hydrogen-bond donors (Lipinski definition) is 1. The Labute approximate surface area is 109 Å². The molecule has 0 radical (unpaired) electrons. The maximum absolute atomic E-state index is 5.96. The standard InChI is InChI=1S/C14H23N3O/c1-3-15-11-12-5-4-6-14(16-12)18-13-7-9-17(2)10-8-13/h4-6,13,15H,3,7-11H2,1-2H3. The molecule has 4 heteroatoms. The summed E-state index contributed by atoms with van der Waals surface area (Å²) in [7, 11) is 2.16. The lowest BCUT2D eigenvalue weighted by Crippen LogP contribution is -2.35. The van der Waals surface area contributed by atoms with Crippen LogP contribution in [0.4, 0.5) is 0 Å². The van der Waals surface area contributed by atoms with E-state index < -0.39 is 0 Å². The molecule has 2 heterocycles. The van der Waals surface area contributed by atoms with Crippen molar-refractivity contribution in [3.63, 3.8) is 0 Å². The normalized spacial score (nSPS) is 17.9. The molecule has 1 fully saturated rings. The van der Waals surface area contributed by atoms with Crippen molar-refractivity contribution in [1.82, 2.24) is 15.2 Å². The van der Waals surface area contributed by atoms with Crippen molar-refractivity contribution < 1.29 is 4.74 Å². The number of ether oxygens (including phenoxy) is 1. The highest BCUT2D eigenvalue weighted by molar-refractivity contribution is 5.16. The van der Waals surface area contributed by atoms with Gasteiger partial charge >= 0.3 is 0 Å². The van der Waals surface area contributed by atoms with Gasteiger partial charge in [0, 0.05) is 25.7 Å². The van der Waals surface area contributed by atoms with Crippen molar-refractivity contribution in [1.29, 1.82) is 0 Å². The molecule has 100 valence electrons. The molecule has 0 atom stereocenters. The lowest BCUT2D eigenvalue weighted by Gasteiger charge is -2.28. The van der Waals surface area contributed by atoms with Gasteiger partial charge in [0.05, 0.1) is 5.69 Å². The van der Waals surface area contributed by atoms with Crippen molar-refractivity contribution in [2.45, 2.75) is 32.4 Å². The van der Waals surface area contributed by atoms with Gasteiger partial charge in [0.15, 0.2) is 0 Å². The van der Waals surface area contributed by atoms with Crippen molar-refractivity contribution in [3.05, 3.63) is 23.9 Å². The number of nitrogens with zero attached hydrogens (tertiary/aromatic N) is 2. The molecule has 0 amide bonds. The van der Waals surface area contributed by atoms with Crippen LogP contribution >= 0.6 is 0 Å². The lowest BCUT2D eigenvalue weighted by atomic mass is 10.1. The van der Waals surface area contributed by atoms with E-state index in [0.29, 0.717) is 6.10 Å². The quantitative estimate of drug-likeness (QED) is 0.861. The fraction of sp³-hybridized carbons (Fsp3) is 0.643. The molecule has 1 aromatic heterocycles. The SMILES string of the molecule is CCNCc1cccc(OC2CCN(C)CC2)n1. The Balaban J connectivity index is 1.88. The van der Waals surface area contributed by atoms with Crippen LogP contribution in [-0.2, 0) is 6.54 Å². The van der Waals surface area contributed by atoms with E-state index in [-0.39, 0.29) is 0 Å². The van der Waals surface area contributed by atoms with Crippen LogP contribution in [0.25, 0.3) is 0 Å². The second-order valence-electron chi connectivity index (χ2n) is 4.87. The summed E-state index contributed by atoms with van der Waals surface area (Å²) in [4.78, 5) is 6.87. The van der Waals surface area contributed by atoms with Crippen molar-refractivity contribution in [3.8, 4) is 5.88 Å². The smallest absolute Gasteiger partial charge is 0.213 e. The Morgan fingerprint density at radius 3 is 2.89 bits per heavy atom. The van der Waals surface area contributed by atoms with Crippen LogP contribution in [0.15, 0.2) is 18.2 Å². The van der Waals surface area contributed by atoms with Gasteiger partial charge in [-0.2, -0.15) is 0 Å². The molecule has 0 aromatic carbocycles. The minimum Gasteiger partial charge on any atom is -0.474 e. The summed E-state index contributed by atoms with van der Waals surface area (Å²) in [5, 5.41) is 3.28. The molecule has 0 saturated carbocycles. The number of nitrogens with one attached hydrogen (secondary N) is 1. The van der Waals surface area contributed by atoms with E-state index in [1.807, 2.05) is 18.2 Å². The highest BCUT2D eigenvalue weighted by atomic mass is 16.5. The predicted molar refractivity (Wildman–Crippen MR) is 72.8 cm³/mol. The number of aromatic nitrogens is 1. The minimum atomic E-state index is 0.322. The first-order chi connectivity index (χ1) is 8.78. The Kier molecular flexibility index (Phi) is 4.96. The van der Waals surface area contributed by atoms with Crippen molar-refractivity contribution in [2.24, 2.45) is 0 Å². The lowest BCUT2D eigenvalue weighted by molar-refractivity contribution is 0.110. The van der Waals surface area contributed by atoms with Crippen LogP contribution in [0.5, 0.6) is 5.88 Å². The van der Waals surface area contributed by atoms with Gasteiger partial charge in [-0.3, -0.25) is 0 Å². The summed E-state index contributed by atoms with van der Waals surface area (Å²) < 4.78 is 5.96. The first-order valence-corrected chi connectivity index (χ1v) is 6.79. The minimum absolute atomic E-state index is 0.322. The van der Waals surface area contributed by atoms with Gasteiger partial charge in [-0.05, 0) is 32.5 Å². The van der Waals surface area contributed by atoms with E-state index in [2.05, 4.69) is 29.2 Å². The third-order valence-electron chi connectivity index (χ3n) is 3.29. The fourth-order valence-corrected chi connectivity index (χ4v) is 2.15. The van der Waals surface area contributed by atoms with E-state index in [4.69, 9.17) is 4.74 Å². The maximum atomic E-state index is 5.96. The van der Waals surface area contributed by atoms with Gasteiger partial charge in [-0.1, -0.05) is 13.0 Å². The van der Waals surface area contributed by atoms with Gasteiger partial charge in [0.1, 0.15) is 6.10 Å². The summed E-state index contributed by atoms with van der Waals surface area (Å²) in [5.74, 6) is 0.764. The highest BCUT2D eigenvalue weighted by Gasteiger charge is 2.18. The van der Waals surface area contributed by atoms with Gasteiger partial charge in [-0.15, -0.1) is 0 Å². The van der Waals surface area contributed by atoms with E-state index >= 15 is 0 Å². The molecule has 0 bridgehead atoms. The largest absolute Gasteiger partial charge is 0.474 e. The Hall–Kier alpha value is -1.13. The van der Waals surface area contributed by atoms with Crippen molar-refractivity contribution >= 4 is 0 Å². The van der Waals surface area contributed by atoms with E-state index in [0.717, 1.165) is 50.6 Å². The third kappa shape index (κ3) is 3.96. The second kappa shape index (κ2) is 6.71. The molecular formula is C14H23N3O. The summed E-state index contributed by atoms with van der Waals surface area (Å²) in [6, 6.07) is 6.00. The monoisotopic (exact) mass is 249 g/mol. The molecule has 1 N–H and O–H groups in total. The van der Waals surface area contributed by atoms with Crippen LogP contribution in [0, 0.1) is 0 Å². The molecule has 1 aliphatic rings. The second-order valence-corrected chi connectivity index (χ2v) is 4.87. The molecular weight excluding hydrogens is 226 g/mol. The average molecular weight is 249 g/mol. The maximum Gasteiger partial charge on any atom is 0.213 e. The first-order valence-electron chi connectivity index (χ1n) is 6.79. The third-order valence-corrected chi connectivity index (χ3v) is 3.29. The number of rotatable bonds is 5. The molecule has 4 nitrogen and oxygen atoms in total. The van der Waals surface area contributed by atoms with E-state index in [9.17, 15) is 0 Å². The zero-order chi connectivity index (χ0) is 12.8. The van der Waals surface area contributed by atoms with Crippen LogP contribution in [0.2, 0.25) is 0 Å².